The molecule has 2 aromatic carbocycles. The Bertz CT molecular complexity index is 911. The molecule has 29 heavy (non-hydrogen) atoms. The predicted molar refractivity (Wildman–Crippen MR) is 117 cm³/mol. The van der Waals surface area contributed by atoms with Crippen LogP contribution in [0.4, 0.5) is 5.69 Å². The second-order valence-electron chi connectivity index (χ2n) is 7.04. The number of rotatable bonds is 10. The van der Waals surface area contributed by atoms with Gasteiger partial charge in [-0.1, -0.05) is 42.0 Å². The van der Waals surface area contributed by atoms with Gasteiger partial charge in [0.1, 0.15) is 5.75 Å². The molecule has 0 unspecified atom stereocenters. The first-order chi connectivity index (χ1) is 13.7. The van der Waals surface area contributed by atoms with Gasteiger partial charge in [0.2, 0.25) is 15.9 Å². The van der Waals surface area contributed by atoms with E-state index < -0.39 is 10.0 Å². The quantitative estimate of drug-likeness (QED) is 0.636. The van der Waals surface area contributed by atoms with Crippen LogP contribution >= 0.6 is 0 Å². The zero-order chi connectivity index (χ0) is 21.4. The Hall–Kier alpha value is -2.54. The van der Waals surface area contributed by atoms with Crippen molar-refractivity contribution in [3.63, 3.8) is 0 Å². The molecule has 7 heteroatoms. The highest BCUT2D eigenvalue weighted by atomic mass is 32.2. The van der Waals surface area contributed by atoms with Crippen LogP contribution < -0.4 is 14.4 Å². The topological polar surface area (TPSA) is 75.7 Å². The maximum absolute atomic E-state index is 12.3. The fourth-order valence-corrected chi connectivity index (χ4v) is 4.01. The standard InChI is InChI=1S/C22H30N2O4S/c1-5-28-21-10-7-6-9-20(21)24(29(4,26)27)16-8-11-22(25)23-18(3)19-14-12-17(2)13-15-19/h6-7,9-10,12-15,18H,5,8,11,16H2,1-4H3,(H,23,25)/t18-/m0/s1. The summed E-state index contributed by atoms with van der Waals surface area (Å²) in [5, 5.41) is 2.97. The second kappa shape index (κ2) is 10.3. The maximum Gasteiger partial charge on any atom is 0.232 e. The highest BCUT2D eigenvalue weighted by molar-refractivity contribution is 7.92. The number of sulfonamides is 1. The number of nitrogens with one attached hydrogen (secondary N) is 1. The van der Waals surface area contributed by atoms with Crippen LogP contribution in [0.25, 0.3) is 0 Å². The lowest BCUT2D eigenvalue weighted by molar-refractivity contribution is -0.121. The van der Waals surface area contributed by atoms with Gasteiger partial charge in [-0.25, -0.2) is 8.42 Å². The van der Waals surface area contributed by atoms with Gasteiger partial charge in [-0.05, 0) is 44.9 Å². The molecule has 0 fully saturated rings. The Morgan fingerprint density at radius 1 is 1.14 bits per heavy atom. The molecule has 0 aromatic heterocycles. The van der Waals surface area contributed by atoms with Crippen LogP contribution in [0, 0.1) is 6.92 Å². The Morgan fingerprint density at radius 2 is 1.79 bits per heavy atom. The summed E-state index contributed by atoms with van der Waals surface area (Å²) in [5.41, 5.74) is 2.69. The van der Waals surface area contributed by atoms with Crippen LogP contribution in [-0.4, -0.2) is 33.7 Å². The van der Waals surface area contributed by atoms with E-state index in [1.165, 1.54) is 9.87 Å². The Kier molecular flexibility index (Phi) is 8.08. The number of nitrogens with zero attached hydrogens (tertiary/aromatic N) is 1. The monoisotopic (exact) mass is 418 g/mol. The summed E-state index contributed by atoms with van der Waals surface area (Å²) in [4.78, 5) is 12.3. The minimum absolute atomic E-state index is 0.104. The average molecular weight is 419 g/mol. The molecule has 6 nitrogen and oxygen atoms in total. The summed E-state index contributed by atoms with van der Waals surface area (Å²) in [7, 11) is -3.51. The first-order valence-electron chi connectivity index (χ1n) is 9.77. The number of carbonyl (C=O) groups is 1. The van der Waals surface area contributed by atoms with Crippen LogP contribution in [0.5, 0.6) is 5.75 Å². The van der Waals surface area contributed by atoms with Crippen molar-refractivity contribution in [3.05, 3.63) is 59.7 Å². The van der Waals surface area contributed by atoms with Crippen molar-refractivity contribution in [1.82, 2.24) is 5.32 Å². The highest BCUT2D eigenvalue weighted by Crippen LogP contribution is 2.30. The molecule has 0 saturated heterocycles. The summed E-state index contributed by atoms with van der Waals surface area (Å²) in [5.74, 6) is 0.405. The van der Waals surface area contributed by atoms with E-state index in [0.717, 1.165) is 11.8 Å². The largest absolute Gasteiger partial charge is 0.492 e. The molecule has 158 valence electrons. The molecular weight excluding hydrogens is 388 g/mol. The van der Waals surface area contributed by atoms with Crippen LogP contribution in [0.2, 0.25) is 0 Å². The SMILES string of the molecule is CCOc1ccccc1N(CCCC(=O)N[C@@H](C)c1ccc(C)cc1)S(C)(=O)=O. The number of amides is 1. The molecule has 0 bridgehead atoms. The van der Waals surface area contributed by atoms with Crippen LogP contribution in [0.1, 0.15) is 43.9 Å². The van der Waals surface area contributed by atoms with Crippen molar-refractivity contribution in [1.29, 1.82) is 0 Å². The molecule has 0 aliphatic rings. The van der Waals surface area contributed by atoms with Gasteiger partial charge in [0, 0.05) is 13.0 Å². The predicted octanol–water partition coefficient (Wildman–Crippen LogP) is 3.82. The molecule has 0 radical (unpaired) electrons. The Labute approximate surface area is 173 Å². The molecule has 2 rings (SSSR count). The van der Waals surface area contributed by atoms with Crippen LogP contribution in [0.3, 0.4) is 0 Å². The summed E-state index contributed by atoms with van der Waals surface area (Å²) in [6.45, 7) is 6.44. The van der Waals surface area contributed by atoms with Gasteiger partial charge in [-0.2, -0.15) is 0 Å². The van der Waals surface area contributed by atoms with Gasteiger partial charge in [-0.15, -0.1) is 0 Å². The van der Waals surface area contributed by atoms with Gasteiger partial charge in [-0.3, -0.25) is 9.10 Å². The van der Waals surface area contributed by atoms with E-state index in [0.29, 0.717) is 24.5 Å². The normalized spacial score (nSPS) is 12.3. The summed E-state index contributed by atoms with van der Waals surface area (Å²) in [6, 6.07) is 14.9. The van der Waals surface area contributed by atoms with E-state index in [9.17, 15) is 13.2 Å². The fourth-order valence-electron chi connectivity index (χ4n) is 3.04. The van der Waals surface area contributed by atoms with Gasteiger partial charge < -0.3 is 10.1 Å². The van der Waals surface area contributed by atoms with Crippen molar-refractivity contribution >= 4 is 21.6 Å². The molecular formula is C22H30N2O4S. The van der Waals surface area contributed by atoms with E-state index in [-0.39, 0.29) is 24.9 Å². The van der Waals surface area contributed by atoms with Crippen LogP contribution in [0.15, 0.2) is 48.5 Å². The minimum Gasteiger partial charge on any atom is -0.492 e. The van der Waals surface area contributed by atoms with E-state index in [1.807, 2.05) is 45.0 Å². The lowest BCUT2D eigenvalue weighted by Crippen LogP contribution is -2.33. The lowest BCUT2D eigenvalue weighted by atomic mass is 10.1. The van der Waals surface area contributed by atoms with Crippen molar-refractivity contribution in [2.45, 2.75) is 39.7 Å². The molecule has 0 aliphatic carbocycles. The molecule has 0 saturated carbocycles. The highest BCUT2D eigenvalue weighted by Gasteiger charge is 2.21. The molecule has 0 aliphatic heterocycles. The molecule has 0 heterocycles. The number of aryl methyl sites for hydroxylation is 1. The van der Waals surface area contributed by atoms with E-state index in [4.69, 9.17) is 4.74 Å². The zero-order valence-electron chi connectivity index (χ0n) is 17.5. The van der Waals surface area contributed by atoms with Gasteiger partial charge in [0.15, 0.2) is 0 Å². The molecule has 1 atom stereocenters. The molecule has 0 spiro atoms. The summed E-state index contributed by atoms with van der Waals surface area (Å²) in [6.07, 6.45) is 1.80. The second-order valence-corrected chi connectivity index (χ2v) is 8.95. The number of anilines is 1. The molecule has 1 amide bonds. The third kappa shape index (κ3) is 6.78. The number of carbonyl (C=O) groups excluding carboxylic acids is 1. The average Bonchev–Trinajstić information content (AvgIpc) is 2.66. The third-order valence-electron chi connectivity index (χ3n) is 4.55. The number of hydrogen-bond acceptors (Lipinski definition) is 4. The number of hydrogen-bond donors (Lipinski definition) is 1. The fraction of sp³-hybridized carbons (Fsp3) is 0.409. The molecule has 1 N–H and O–H groups in total. The zero-order valence-corrected chi connectivity index (χ0v) is 18.3. The van der Waals surface area contributed by atoms with Crippen molar-refractivity contribution in [2.75, 3.05) is 23.7 Å². The van der Waals surface area contributed by atoms with Gasteiger partial charge in [0.25, 0.3) is 0 Å². The van der Waals surface area contributed by atoms with Gasteiger partial charge in [0.05, 0.1) is 24.6 Å². The summed E-state index contributed by atoms with van der Waals surface area (Å²) < 4.78 is 31.5. The molecule has 2 aromatic rings. The van der Waals surface area contributed by atoms with Crippen LogP contribution in [-0.2, 0) is 14.8 Å². The van der Waals surface area contributed by atoms with E-state index in [2.05, 4.69) is 5.32 Å². The number of benzene rings is 2. The first-order valence-corrected chi connectivity index (χ1v) is 11.6. The third-order valence-corrected chi connectivity index (χ3v) is 5.73. The van der Waals surface area contributed by atoms with Crippen molar-refractivity contribution in [2.24, 2.45) is 0 Å². The lowest BCUT2D eigenvalue weighted by Gasteiger charge is -2.24. The van der Waals surface area contributed by atoms with Gasteiger partial charge >= 0.3 is 0 Å². The summed E-state index contributed by atoms with van der Waals surface area (Å²) >= 11 is 0. The Morgan fingerprint density at radius 3 is 2.41 bits per heavy atom. The van der Waals surface area contributed by atoms with Crippen molar-refractivity contribution < 1.29 is 17.9 Å². The minimum atomic E-state index is -3.51. The smallest absolute Gasteiger partial charge is 0.232 e. The maximum atomic E-state index is 12.3. The number of ether oxygens (including phenoxy) is 1. The Balaban J connectivity index is 1.98. The van der Waals surface area contributed by atoms with Crippen molar-refractivity contribution in [3.8, 4) is 5.75 Å². The number of para-hydroxylation sites is 2. The van der Waals surface area contributed by atoms with E-state index in [1.54, 1.807) is 24.3 Å². The first kappa shape index (κ1) is 22.7. The van der Waals surface area contributed by atoms with E-state index >= 15 is 0 Å².